The normalized spacial score (nSPS) is 15.2. The van der Waals surface area contributed by atoms with Crippen molar-refractivity contribution in [3.8, 4) is 0 Å². The van der Waals surface area contributed by atoms with Crippen LogP contribution in [0.2, 0.25) is 0 Å². The van der Waals surface area contributed by atoms with Gasteiger partial charge in [0, 0.05) is 18.0 Å². The number of pyridine rings is 1. The van der Waals surface area contributed by atoms with Crippen LogP contribution in [-0.2, 0) is 20.8 Å². The van der Waals surface area contributed by atoms with Crippen LogP contribution in [0.1, 0.15) is 42.6 Å². The van der Waals surface area contributed by atoms with Gasteiger partial charge in [0.25, 0.3) is 0 Å². The molecule has 0 saturated carbocycles. The van der Waals surface area contributed by atoms with Crippen molar-refractivity contribution in [2.75, 3.05) is 12.0 Å². The molecular weight excluding hydrogens is 480 g/mol. The molecule has 1 aromatic heterocycles. The van der Waals surface area contributed by atoms with E-state index in [9.17, 15) is 24.3 Å². The van der Waals surface area contributed by atoms with E-state index >= 15 is 0 Å². The Morgan fingerprint density at radius 1 is 1.08 bits per heavy atom. The van der Waals surface area contributed by atoms with Crippen LogP contribution < -0.4 is 11.5 Å². The summed E-state index contributed by atoms with van der Waals surface area (Å²) in [7, 11) is 0. The summed E-state index contributed by atoms with van der Waals surface area (Å²) in [5.74, 6) is -4.67. The molecule has 2 amide bonds. The molecule has 0 aliphatic heterocycles. The number of Topliss-reactive ketones (excluding diaryl/α,β-unsaturated/α-hetero) is 1. The fourth-order valence-electron chi connectivity index (χ4n) is 3.86. The average molecular weight is 515 g/mol. The first-order valence-corrected chi connectivity index (χ1v) is 13.1. The molecule has 1 heterocycles. The fraction of sp³-hybridized carbons (Fsp3) is 0.423. The van der Waals surface area contributed by atoms with E-state index in [2.05, 4.69) is 4.98 Å². The molecule has 0 aliphatic rings. The summed E-state index contributed by atoms with van der Waals surface area (Å²) in [4.78, 5) is 58.9. The van der Waals surface area contributed by atoms with E-state index in [-0.39, 0.29) is 30.1 Å². The molecule has 0 spiro atoms. The van der Waals surface area contributed by atoms with Gasteiger partial charge in [0.2, 0.25) is 23.1 Å². The number of rotatable bonds is 13. The molecule has 5 N–H and O–H groups in total. The molecule has 9 nitrogen and oxygen atoms in total. The molecule has 10 heteroatoms. The number of carbonyl (C=O) groups is 4. The minimum atomic E-state index is -2.54. The van der Waals surface area contributed by atoms with Gasteiger partial charge >= 0.3 is 5.97 Å². The van der Waals surface area contributed by atoms with Crippen molar-refractivity contribution in [1.29, 1.82) is 0 Å². The minimum absolute atomic E-state index is 0.0413. The number of carbonyl (C=O) groups excluding carboxylic acids is 3. The van der Waals surface area contributed by atoms with Crippen LogP contribution >= 0.6 is 11.8 Å². The molecule has 0 aliphatic carbocycles. The van der Waals surface area contributed by atoms with Crippen LogP contribution in [0.4, 0.5) is 0 Å². The van der Waals surface area contributed by atoms with E-state index in [0.717, 1.165) is 5.56 Å². The summed E-state index contributed by atoms with van der Waals surface area (Å²) in [5, 5.41) is 10.5. The number of aromatic nitrogens is 1. The topological polar surface area (TPSA) is 157 Å². The monoisotopic (exact) mass is 514 g/mol. The molecule has 2 aromatic rings. The number of hydrogen-bond donors (Lipinski definition) is 3. The summed E-state index contributed by atoms with van der Waals surface area (Å²) in [6.07, 6.45) is 4.61. The third-order valence-corrected chi connectivity index (χ3v) is 6.91. The van der Waals surface area contributed by atoms with E-state index in [0.29, 0.717) is 11.3 Å². The maximum atomic E-state index is 13.8. The van der Waals surface area contributed by atoms with Crippen molar-refractivity contribution < 1.29 is 24.3 Å². The maximum absolute atomic E-state index is 13.8. The zero-order chi connectivity index (χ0) is 26.9. The van der Waals surface area contributed by atoms with Gasteiger partial charge in [-0.2, -0.15) is 11.8 Å². The van der Waals surface area contributed by atoms with Crippen molar-refractivity contribution in [2.24, 2.45) is 17.4 Å². The summed E-state index contributed by atoms with van der Waals surface area (Å²) in [5.41, 5.74) is 10.6. The lowest BCUT2D eigenvalue weighted by molar-refractivity contribution is -0.165. The molecule has 194 valence electrons. The van der Waals surface area contributed by atoms with Crippen LogP contribution in [0, 0.1) is 5.92 Å². The van der Waals surface area contributed by atoms with Gasteiger partial charge in [-0.1, -0.05) is 50.6 Å². The highest BCUT2D eigenvalue weighted by Crippen LogP contribution is 2.30. The van der Waals surface area contributed by atoms with Gasteiger partial charge in [-0.05, 0) is 48.5 Å². The standard InChI is InChI=1S/C26H34N4O5S/c1-4-17(2)21(28)24(33)30(23(32)20(27)15-18-9-6-5-7-10-18)26(25(34)35,12-14-36-3)22(31)19-11-8-13-29-16-19/h5-11,13,16-17,20-21H,4,12,14-15,27-28H2,1-3H3,(H,34,35). The zero-order valence-corrected chi connectivity index (χ0v) is 21.6. The van der Waals surface area contributed by atoms with Gasteiger partial charge in [-0.25, -0.2) is 4.79 Å². The molecular formula is C26H34N4O5S. The Morgan fingerprint density at radius 3 is 2.28 bits per heavy atom. The predicted octanol–water partition coefficient (Wildman–Crippen LogP) is 2.14. The second-order valence-corrected chi connectivity index (χ2v) is 9.68. The predicted molar refractivity (Wildman–Crippen MR) is 139 cm³/mol. The number of carboxylic acid groups (broad SMARTS) is 1. The quantitative estimate of drug-likeness (QED) is 0.269. The molecule has 4 atom stereocenters. The van der Waals surface area contributed by atoms with Crippen molar-refractivity contribution in [3.05, 3.63) is 66.0 Å². The summed E-state index contributed by atoms with van der Waals surface area (Å²) in [6.45, 7) is 3.55. The Morgan fingerprint density at radius 2 is 1.75 bits per heavy atom. The summed E-state index contributed by atoms with van der Waals surface area (Å²) >= 11 is 1.29. The molecule has 0 saturated heterocycles. The van der Waals surface area contributed by atoms with Gasteiger partial charge < -0.3 is 16.6 Å². The average Bonchev–Trinajstić information content (AvgIpc) is 2.89. The van der Waals surface area contributed by atoms with Crippen molar-refractivity contribution in [3.63, 3.8) is 0 Å². The zero-order valence-electron chi connectivity index (χ0n) is 20.8. The van der Waals surface area contributed by atoms with E-state index in [1.54, 1.807) is 37.4 Å². The molecule has 0 fully saturated rings. The molecule has 0 bridgehead atoms. The molecule has 1 aromatic carbocycles. The minimum Gasteiger partial charge on any atom is -0.479 e. The van der Waals surface area contributed by atoms with Crippen LogP contribution in [-0.4, -0.2) is 68.2 Å². The lowest BCUT2D eigenvalue weighted by Gasteiger charge is -2.40. The second-order valence-electron chi connectivity index (χ2n) is 8.70. The number of thioether (sulfide) groups is 1. The number of carboxylic acids is 1. The molecule has 2 rings (SSSR count). The number of aliphatic carboxylic acids is 1. The molecule has 36 heavy (non-hydrogen) atoms. The number of ketones is 1. The van der Waals surface area contributed by atoms with E-state index in [4.69, 9.17) is 11.5 Å². The van der Waals surface area contributed by atoms with E-state index < -0.39 is 41.2 Å². The van der Waals surface area contributed by atoms with Crippen molar-refractivity contribution in [2.45, 2.75) is 50.7 Å². The van der Waals surface area contributed by atoms with Gasteiger partial charge in [-0.3, -0.25) is 24.3 Å². The Balaban J connectivity index is 2.71. The number of amides is 2. The van der Waals surface area contributed by atoms with Crippen LogP contribution in [0.5, 0.6) is 0 Å². The van der Waals surface area contributed by atoms with Crippen LogP contribution in [0.3, 0.4) is 0 Å². The Kier molecular flexibility index (Phi) is 10.8. The number of nitrogens with zero attached hydrogens (tertiary/aromatic N) is 2. The highest BCUT2D eigenvalue weighted by molar-refractivity contribution is 7.98. The van der Waals surface area contributed by atoms with Gasteiger partial charge in [0.1, 0.15) is 0 Å². The lowest BCUT2D eigenvalue weighted by Crippen LogP contribution is -2.69. The highest BCUT2D eigenvalue weighted by atomic mass is 32.2. The van der Waals surface area contributed by atoms with Crippen molar-refractivity contribution in [1.82, 2.24) is 9.88 Å². The molecule has 0 radical (unpaired) electrons. The Hall–Kier alpha value is -3.08. The smallest absolute Gasteiger partial charge is 0.338 e. The van der Waals surface area contributed by atoms with Crippen LogP contribution in [0.15, 0.2) is 54.9 Å². The number of benzene rings is 1. The SMILES string of the molecule is CCC(C)C(N)C(=O)N(C(=O)C(N)Cc1ccccc1)C(CCSC)(C(=O)O)C(=O)c1cccnc1. The van der Waals surface area contributed by atoms with Crippen molar-refractivity contribution >= 4 is 35.3 Å². The van der Waals surface area contributed by atoms with Gasteiger partial charge in [0.15, 0.2) is 0 Å². The maximum Gasteiger partial charge on any atom is 0.338 e. The van der Waals surface area contributed by atoms with E-state index in [1.807, 2.05) is 13.0 Å². The second kappa shape index (κ2) is 13.3. The van der Waals surface area contributed by atoms with Gasteiger partial charge in [-0.15, -0.1) is 0 Å². The Labute approximate surface area is 215 Å². The Bertz CT molecular complexity index is 1050. The van der Waals surface area contributed by atoms with Gasteiger partial charge in [0.05, 0.1) is 12.1 Å². The number of imide groups is 1. The first-order chi connectivity index (χ1) is 17.1. The first kappa shape index (κ1) is 29.2. The largest absolute Gasteiger partial charge is 0.479 e. The third kappa shape index (κ3) is 6.37. The number of nitrogens with two attached hydrogens (primary N) is 2. The molecule has 4 unspecified atom stereocenters. The first-order valence-electron chi connectivity index (χ1n) is 11.7. The fourth-order valence-corrected chi connectivity index (χ4v) is 4.36. The lowest BCUT2D eigenvalue weighted by atomic mass is 9.83. The summed E-state index contributed by atoms with van der Waals surface area (Å²) < 4.78 is 0. The van der Waals surface area contributed by atoms with Crippen LogP contribution in [0.25, 0.3) is 0 Å². The highest BCUT2D eigenvalue weighted by Gasteiger charge is 2.57. The van der Waals surface area contributed by atoms with E-state index in [1.165, 1.54) is 36.3 Å². The summed E-state index contributed by atoms with van der Waals surface area (Å²) in [6, 6.07) is 9.29. The number of hydrogen-bond acceptors (Lipinski definition) is 8. The third-order valence-electron chi connectivity index (χ3n) is 6.30.